The van der Waals surface area contributed by atoms with E-state index in [0.717, 1.165) is 11.1 Å². The summed E-state index contributed by atoms with van der Waals surface area (Å²) in [5, 5.41) is 7.98. The lowest BCUT2D eigenvalue weighted by atomic mass is 10.3. The van der Waals surface area contributed by atoms with Crippen LogP contribution in [0, 0.1) is 0 Å². The van der Waals surface area contributed by atoms with E-state index in [1.165, 1.54) is 0 Å². The van der Waals surface area contributed by atoms with Gasteiger partial charge in [-0.1, -0.05) is 18.2 Å². The van der Waals surface area contributed by atoms with E-state index in [2.05, 4.69) is 20.4 Å². The highest BCUT2D eigenvalue weighted by Gasteiger charge is 2.08. The number of aryl methyl sites for hydroxylation is 1. The zero-order valence-electron chi connectivity index (χ0n) is 9.83. The maximum absolute atomic E-state index is 5.88. The number of nitrogens with two attached hydrogens (primary N) is 1. The standard InChI is InChI=1S/C12H12N6/c1-18-11-9(7-14-18)10(13)16-12(17-11)15-8-5-3-2-4-6-8/h2-7H,1H3,(H3,13,15,16,17). The number of fused-ring (bicyclic) bond motifs is 1. The first-order chi connectivity index (χ1) is 8.74. The average Bonchev–Trinajstić information content (AvgIpc) is 2.73. The molecule has 0 saturated heterocycles. The fraction of sp³-hybridized carbons (Fsp3) is 0.0833. The Hall–Kier alpha value is -2.63. The summed E-state index contributed by atoms with van der Waals surface area (Å²) in [5.41, 5.74) is 7.50. The van der Waals surface area contributed by atoms with Gasteiger partial charge in [-0.3, -0.25) is 4.68 Å². The molecular weight excluding hydrogens is 228 g/mol. The van der Waals surface area contributed by atoms with Gasteiger partial charge in [0, 0.05) is 12.7 Å². The van der Waals surface area contributed by atoms with Crippen molar-refractivity contribution < 1.29 is 0 Å². The van der Waals surface area contributed by atoms with Gasteiger partial charge in [-0.05, 0) is 12.1 Å². The summed E-state index contributed by atoms with van der Waals surface area (Å²) < 4.78 is 1.67. The molecule has 0 amide bonds. The van der Waals surface area contributed by atoms with Crippen LogP contribution in [0.4, 0.5) is 17.5 Å². The molecule has 2 aromatic heterocycles. The predicted molar refractivity (Wildman–Crippen MR) is 70.4 cm³/mol. The van der Waals surface area contributed by atoms with Crippen molar-refractivity contribution in [3.8, 4) is 0 Å². The smallest absolute Gasteiger partial charge is 0.231 e. The van der Waals surface area contributed by atoms with E-state index in [1.54, 1.807) is 10.9 Å². The monoisotopic (exact) mass is 240 g/mol. The second kappa shape index (κ2) is 3.99. The van der Waals surface area contributed by atoms with Crippen LogP contribution < -0.4 is 11.1 Å². The van der Waals surface area contributed by atoms with Crippen molar-refractivity contribution >= 4 is 28.5 Å². The van der Waals surface area contributed by atoms with Gasteiger partial charge >= 0.3 is 0 Å². The van der Waals surface area contributed by atoms with E-state index < -0.39 is 0 Å². The molecule has 0 aliphatic rings. The Labute approximate surface area is 103 Å². The number of aromatic nitrogens is 4. The Morgan fingerprint density at radius 1 is 1.17 bits per heavy atom. The minimum absolute atomic E-state index is 0.423. The molecule has 0 spiro atoms. The largest absolute Gasteiger partial charge is 0.383 e. The number of hydrogen-bond acceptors (Lipinski definition) is 5. The van der Waals surface area contributed by atoms with Crippen LogP contribution >= 0.6 is 0 Å². The van der Waals surface area contributed by atoms with Gasteiger partial charge in [-0.15, -0.1) is 0 Å². The highest BCUT2D eigenvalue weighted by molar-refractivity contribution is 5.86. The molecule has 0 bridgehead atoms. The number of nitrogens with one attached hydrogen (secondary N) is 1. The van der Waals surface area contributed by atoms with Gasteiger partial charge < -0.3 is 11.1 Å². The van der Waals surface area contributed by atoms with Gasteiger partial charge in [-0.25, -0.2) is 0 Å². The second-order valence-electron chi connectivity index (χ2n) is 3.93. The third-order valence-electron chi connectivity index (χ3n) is 2.65. The number of nitrogen functional groups attached to an aromatic ring is 1. The molecule has 3 N–H and O–H groups in total. The topological polar surface area (TPSA) is 81.7 Å². The SMILES string of the molecule is Cn1ncc2c(N)nc(Nc3ccccc3)nc21. The fourth-order valence-corrected chi connectivity index (χ4v) is 1.75. The number of rotatable bonds is 2. The van der Waals surface area contributed by atoms with Gasteiger partial charge in [0.05, 0.1) is 11.6 Å². The quantitative estimate of drug-likeness (QED) is 0.712. The molecule has 1 aromatic carbocycles. The first-order valence-electron chi connectivity index (χ1n) is 5.51. The Morgan fingerprint density at radius 2 is 1.94 bits per heavy atom. The number of para-hydroxylation sites is 1. The van der Waals surface area contributed by atoms with Gasteiger partial charge in [0.1, 0.15) is 5.82 Å². The number of hydrogen-bond donors (Lipinski definition) is 2. The highest BCUT2D eigenvalue weighted by Crippen LogP contribution is 2.20. The third-order valence-corrected chi connectivity index (χ3v) is 2.65. The fourth-order valence-electron chi connectivity index (χ4n) is 1.75. The molecule has 0 atom stereocenters. The molecule has 0 radical (unpaired) electrons. The van der Waals surface area contributed by atoms with Crippen LogP contribution in [-0.4, -0.2) is 19.7 Å². The Balaban J connectivity index is 2.05. The molecule has 0 saturated carbocycles. The molecule has 0 fully saturated rings. The van der Waals surface area contributed by atoms with Crippen LogP contribution in [0.25, 0.3) is 11.0 Å². The molecule has 18 heavy (non-hydrogen) atoms. The Kier molecular flexibility index (Phi) is 2.33. The summed E-state index contributed by atoms with van der Waals surface area (Å²) in [6, 6.07) is 9.70. The van der Waals surface area contributed by atoms with Gasteiger partial charge in [0.2, 0.25) is 5.95 Å². The average molecular weight is 240 g/mol. The molecule has 0 aliphatic carbocycles. The van der Waals surface area contributed by atoms with Crippen LogP contribution in [0.5, 0.6) is 0 Å². The van der Waals surface area contributed by atoms with E-state index in [-0.39, 0.29) is 0 Å². The summed E-state index contributed by atoms with van der Waals surface area (Å²) in [6.07, 6.45) is 1.66. The van der Waals surface area contributed by atoms with Crippen LogP contribution in [0.2, 0.25) is 0 Å². The first-order valence-corrected chi connectivity index (χ1v) is 5.51. The minimum Gasteiger partial charge on any atom is -0.383 e. The summed E-state index contributed by atoms with van der Waals surface area (Å²) in [6.45, 7) is 0. The molecule has 3 aromatic rings. The summed E-state index contributed by atoms with van der Waals surface area (Å²) in [5.74, 6) is 0.890. The minimum atomic E-state index is 0.423. The van der Waals surface area contributed by atoms with Gasteiger partial charge in [0.25, 0.3) is 0 Å². The summed E-state index contributed by atoms with van der Waals surface area (Å²) in [4.78, 5) is 8.60. The number of nitrogens with zero attached hydrogens (tertiary/aromatic N) is 4. The van der Waals surface area contributed by atoms with Crippen LogP contribution in [-0.2, 0) is 7.05 Å². The third kappa shape index (κ3) is 1.73. The Bertz CT molecular complexity index is 688. The Morgan fingerprint density at radius 3 is 2.72 bits per heavy atom. The van der Waals surface area contributed by atoms with Gasteiger partial charge in [-0.2, -0.15) is 15.1 Å². The van der Waals surface area contributed by atoms with Crippen molar-refractivity contribution in [3.63, 3.8) is 0 Å². The lowest BCUT2D eigenvalue weighted by Crippen LogP contribution is -2.02. The van der Waals surface area contributed by atoms with Crippen LogP contribution in [0.15, 0.2) is 36.5 Å². The molecule has 0 aliphatic heterocycles. The van der Waals surface area contributed by atoms with E-state index in [9.17, 15) is 0 Å². The normalized spacial score (nSPS) is 10.7. The van der Waals surface area contributed by atoms with Crippen molar-refractivity contribution in [2.45, 2.75) is 0 Å². The summed E-state index contributed by atoms with van der Waals surface area (Å²) in [7, 11) is 1.82. The van der Waals surface area contributed by atoms with E-state index in [1.807, 2.05) is 37.4 Å². The molecule has 2 heterocycles. The summed E-state index contributed by atoms with van der Waals surface area (Å²) >= 11 is 0. The molecule has 90 valence electrons. The molecular formula is C12H12N6. The zero-order chi connectivity index (χ0) is 12.5. The van der Waals surface area contributed by atoms with Crippen molar-refractivity contribution in [3.05, 3.63) is 36.5 Å². The zero-order valence-corrected chi connectivity index (χ0v) is 9.83. The van der Waals surface area contributed by atoms with E-state index in [0.29, 0.717) is 17.4 Å². The van der Waals surface area contributed by atoms with E-state index >= 15 is 0 Å². The first kappa shape index (κ1) is 10.5. The lowest BCUT2D eigenvalue weighted by Gasteiger charge is -2.05. The molecule has 0 unspecified atom stereocenters. The van der Waals surface area contributed by atoms with Crippen molar-refractivity contribution in [1.82, 2.24) is 19.7 Å². The number of anilines is 3. The molecule has 6 nitrogen and oxygen atoms in total. The van der Waals surface area contributed by atoms with Crippen molar-refractivity contribution in [1.29, 1.82) is 0 Å². The lowest BCUT2D eigenvalue weighted by molar-refractivity contribution is 0.786. The molecule has 6 heteroatoms. The van der Waals surface area contributed by atoms with E-state index in [4.69, 9.17) is 5.73 Å². The predicted octanol–water partition coefficient (Wildman–Crippen LogP) is 1.69. The van der Waals surface area contributed by atoms with Crippen molar-refractivity contribution in [2.75, 3.05) is 11.1 Å². The highest BCUT2D eigenvalue weighted by atomic mass is 15.3. The molecule has 3 rings (SSSR count). The number of benzene rings is 1. The second-order valence-corrected chi connectivity index (χ2v) is 3.93. The maximum Gasteiger partial charge on any atom is 0.231 e. The van der Waals surface area contributed by atoms with Crippen LogP contribution in [0.3, 0.4) is 0 Å². The van der Waals surface area contributed by atoms with Crippen molar-refractivity contribution in [2.24, 2.45) is 7.05 Å². The van der Waals surface area contributed by atoms with Gasteiger partial charge in [0.15, 0.2) is 5.65 Å². The maximum atomic E-state index is 5.88. The van der Waals surface area contributed by atoms with Crippen LogP contribution in [0.1, 0.15) is 0 Å².